The van der Waals surface area contributed by atoms with Gasteiger partial charge in [-0.1, -0.05) is 30.3 Å². The molecule has 1 atom stereocenters. The molecule has 2 heterocycles. The van der Waals surface area contributed by atoms with Gasteiger partial charge >= 0.3 is 0 Å². The summed E-state index contributed by atoms with van der Waals surface area (Å²) in [6, 6.07) is 13.1. The topological polar surface area (TPSA) is 81.1 Å². The molecule has 0 spiro atoms. The first-order valence-corrected chi connectivity index (χ1v) is 9.39. The Kier molecular flexibility index (Phi) is 4.80. The molecule has 1 amide bonds. The third-order valence-corrected chi connectivity index (χ3v) is 5.33. The number of hydrogen-bond acceptors (Lipinski definition) is 5. The van der Waals surface area contributed by atoms with Crippen LogP contribution >= 0.6 is 0 Å². The number of benzene rings is 2. The first-order chi connectivity index (χ1) is 14.0. The number of methoxy groups -OCH3 is 1. The number of fused-ring (bicyclic) bond motifs is 1. The van der Waals surface area contributed by atoms with Gasteiger partial charge in [0.25, 0.3) is 5.91 Å². The average molecular weight is 389 g/mol. The molecule has 1 aliphatic heterocycles. The molecular formula is C22H23N5O2. The van der Waals surface area contributed by atoms with Gasteiger partial charge in [0.2, 0.25) is 5.95 Å². The Morgan fingerprint density at radius 2 is 1.93 bits per heavy atom. The normalized spacial score (nSPS) is 15.5. The van der Waals surface area contributed by atoms with Gasteiger partial charge < -0.3 is 15.4 Å². The van der Waals surface area contributed by atoms with Crippen LogP contribution < -0.4 is 15.4 Å². The SMILES string of the molecule is COc1ccccc1C1C(C(=O)Nc2cccc(C)c2C)=C(C)Nc2ncnn21. The van der Waals surface area contributed by atoms with Gasteiger partial charge in [-0.25, -0.2) is 4.68 Å². The number of ether oxygens (including phenoxy) is 1. The molecule has 1 aliphatic rings. The van der Waals surface area contributed by atoms with E-state index in [0.29, 0.717) is 17.3 Å². The molecule has 0 saturated heterocycles. The van der Waals surface area contributed by atoms with Crippen LogP contribution in [-0.2, 0) is 4.79 Å². The van der Waals surface area contributed by atoms with E-state index in [9.17, 15) is 4.79 Å². The largest absolute Gasteiger partial charge is 0.496 e. The number of hydrogen-bond donors (Lipinski definition) is 2. The molecule has 2 N–H and O–H groups in total. The lowest BCUT2D eigenvalue weighted by molar-refractivity contribution is -0.113. The van der Waals surface area contributed by atoms with Gasteiger partial charge in [0.05, 0.1) is 12.7 Å². The van der Waals surface area contributed by atoms with E-state index in [1.807, 2.05) is 63.2 Å². The highest BCUT2D eigenvalue weighted by Crippen LogP contribution is 2.39. The lowest BCUT2D eigenvalue weighted by Gasteiger charge is -2.29. The summed E-state index contributed by atoms with van der Waals surface area (Å²) in [6.07, 6.45) is 1.48. The van der Waals surface area contributed by atoms with Crippen molar-refractivity contribution in [3.05, 3.63) is 76.8 Å². The molecule has 0 bridgehead atoms. The van der Waals surface area contributed by atoms with Crippen molar-refractivity contribution >= 4 is 17.5 Å². The molecule has 0 saturated carbocycles. The van der Waals surface area contributed by atoms with Gasteiger partial charge in [-0.2, -0.15) is 10.1 Å². The summed E-state index contributed by atoms with van der Waals surface area (Å²) in [7, 11) is 1.62. The fraction of sp³-hybridized carbons (Fsp3) is 0.227. The van der Waals surface area contributed by atoms with E-state index in [4.69, 9.17) is 4.74 Å². The Hall–Kier alpha value is -3.61. The zero-order chi connectivity index (χ0) is 20.5. The second-order valence-corrected chi connectivity index (χ2v) is 7.04. The van der Waals surface area contributed by atoms with Crippen LogP contribution in [0, 0.1) is 13.8 Å². The highest BCUT2D eigenvalue weighted by Gasteiger charge is 2.35. The van der Waals surface area contributed by atoms with Crippen molar-refractivity contribution in [2.45, 2.75) is 26.8 Å². The molecule has 0 radical (unpaired) electrons. The fourth-order valence-corrected chi connectivity index (χ4v) is 3.64. The summed E-state index contributed by atoms with van der Waals surface area (Å²) in [5.41, 5.74) is 5.08. The number of nitrogens with one attached hydrogen (secondary N) is 2. The van der Waals surface area contributed by atoms with E-state index < -0.39 is 6.04 Å². The van der Waals surface area contributed by atoms with Gasteiger partial charge in [-0.3, -0.25) is 4.79 Å². The van der Waals surface area contributed by atoms with Crippen molar-refractivity contribution in [3.8, 4) is 5.75 Å². The predicted octanol–water partition coefficient (Wildman–Crippen LogP) is 3.83. The Labute approximate surface area is 169 Å². The molecule has 2 aromatic carbocycles. The molecule has 3 aromatic rings. The summed E-state index contributed by atoms with van der Waals surface area (Å²) in [5.74, 6) is 1.08. The fourth-order valence-electron chi connectivity index (χ4n) is 3.64. The smallest absolute Gasteiger partial charge is 0.255 e. The lowest BCUT2D eigenvalue weighted by atomic mass is 9.94. The molecule has 4 rings (SSSR count). The molecule has 0 aliphatic carbocycles. The Balaban J connectivity index is 1.81. The van der Waals surface area contributed by atoms with Crippen LogP contribution in [0.15, 0.2) is 60.1 Å². The maximum atomic E-state index is 13.4. The number of amides is 1. The van der Waals surface area contributed by atoms with Crippen LogP contribution in [0.5, 0.6) is 5.75 Å². The second kappa shape index (κ2) is 7.43. The summed E-state index contributed by atoms with van der Waals surface area (Å²) in [4.78, 5) is 17.7. The molecule has 7 heteroatoms. The van der Waals surface area contributed by atoms with Crippen molar-refractivity contribution in [1.29, 1.82) is 0 Å². The number of nitrogens with zero attached hydrogens (tertiary/aromatic N) is 3. The number of allylic oxidation sites excluding steroid dienone is 1. The molecular weight excluding hydrogens is 366 g/mol. The van der Waals surface area contributed by atoms with E-state index >= 15 is 0 Å². The average Bonchev–Trinajstić information content (AvgIpc) is 3.18. The minimum Gasteiger partial charge on any atom is -0.496 e. The number of aryl methyl sites for hydroxylation is 1. The zero-order valence-corrected chi connectivity index (χ0v) is 16.9. The summed E-state index contributed by atoms with van der Waals surface area (Å²) >= 11 is 0. The van der Waals surface area contributed by atoms with Crippen LogP contribution in [0.4, 0.5) is 11.6 Å². The van der Waals surface area contributed by atoms with Crippen LogP contribution in [0.1, 0.15) is 29.7 Å². The van der Waals surface area contributed by atoms with Gasteiger partial charge in [0.15, 0.2) is 0 Å². The van der Waals surface area contributed by atoms with E-state index in [1.165, 1.54) is 6.33 Å². The minimum absolute atomic E-state index is 0.194. The number of rotatable bonds is 4. The highest BCUT2D eigenvalue weighted by atomic mass is 16.5. The van der Waals surface area contributed by atoms with Crippen LogP contribution in [0.2, 0.25) is 0 Å². The maximum absolute atomic E-state index is 13.4. The number of anilines is 2. The van der Waals surface area contributed by atoms with Gasteiger partial charge in [-0.15, -0.1) is 0 Å². The van der Waals surface area contributed by atoms with Crippen molar-refractivity contribution in [3.63, 3.8) is 0 Å². The predicted molar refractivity (Wildman–Crippen MR) is 112 cm³/mol. The Morgan fingerprint density at radius 3 is 2.72 bits per heavy atom. The van der Waals surface area contributed by atoms with Crippen LogP contribution in [-0.4, -0.2) is 27.8 Å². The van der Waals surface area contributed by atoms with E-state index in [0.717, 1.165) is 28.1 Å². The lowest BCUT2D eigenvalue weighted by Crippen LogP contribution is -2.31. The molecule has 7 nitrogen and oxygen atoms in total. The zero-order valence-electron chi connectivity index (χ0n) is 16.9. The van der Waals surface area contributed by atoms with E-state index in [2.05, 4.69) is 20.7 Å². The molecule has 1 aromatic heterocycles. The maximum Gasteiger partial charge on any atom is 0.255 e. The number of aromatic nitrogens is 3. The third-order valence-electron chi connectivity index (χ3n) is 5.33. The quantitative estimate of drug-likeness (QED) is 0.709. The van der Waals surface area contributed by atoms with E-state index in [-0.39, 0.29) is 5.91 Å². The van der Waals surface area contributed by atoms with E-state index in [1.54, 1.807) is 11.8 Å². The molecule has 148 valence electrons. The van der Waals surface area contributed by atoms with Crippen molar-refractivity contribution in [2.75, 3.05) is 17.7 Å². The number of para-hydroxylation sites is 1. The minimum atomic E-state index is -0.463. The van der Waals surface area contributed by atoms with Gasteiger partial charge in [-0.05, 0) is 44.0 Å². The van der Waals surface area contributed by atoms with Crippen molar-refractivity contribution in [1.82, 2.24) is 14.8 Å². The summed E-state index contributed by atoms with van der Waals surface area (Å²) in [5, 5.41) is 10.6. The Bertz CT molecular complexity index is 1120. The van der Waals surface area contributed by atoms with Gasteiger partial charge in [0.1, 0.15) is 18.1 Å². The monoisotopic (exact) mass is 389 g/mol. The first-order valence-electron chi connectivity index (χ1n) is 9.39. The van der Waals surface area contributed by atoms with Crippen LogP contribution in [0.25, 0.3) is 0 Å². The number of carbonyl (C=O) groups is 1. The second-order valence-electron chi connectivity index (χ2n) is 7.04. The molecule has 0 fully saturated rings. The first kappa shape index (κ1) is 18.7. The number of carbonyl (C=O) groups excluding carboxylic acids is 1. The Morgan fingerprint density at radius 1 is 1.14 bits per heavy atom. The molecule has 1 unspecified atom stereocenters. The molecule has 29 heavy (non-hydrogen) atoms. The summed E-state index contributed by atoms with van der Waals surface area (Å²) < 4.78 is 7.28. The van der Waals surface area contributed by atoms with Crippen molar-refractivity contribution in [2.24, 2.45) is 0 Å². The summed E-state index contributed by atoms with van der Waals surface area (Å²) in [6.45, 7) is 5.90. The highest BCUT2D eigenvalue weighted by molar-refractivity contribution is 6.06. The van der Waals surface area contributed by atoms with Crippen LogP contribution in [0.3, 0.4) is 0 Å². The third kappa shape index (κ3) is 3.24. The van der Waals surface area contributed by atoms with Crippen molar-refractivity contribution < 1.29 is 9.53 Å². The standard InChI is InChI=1S/C22H23N5O2/c1-13-8-7-10-17(14(13)2)26-21(28)19-15(3)25-22-23-12-24-27(22)20(19)16-9-5-6-11-18(16)29-4/h5-12,20H,1-4H3,(H,26,28)(H,23,24,25). The van der Waals surface area contributed by atoms with Gasteiger partial charge in [0, 0.05) is 16.9 Å².